The predicted octanol–water partition coefficient (Wildman–Crippen LogP) is 5.78. The van der Waals surface area contributed by atoms with E-state index in [0.717, 1.165) is 24.1 Å². The quantitative estimate of drug-likeness (QED) is 0.311. The summed E-state index contributed by atoms with van der Waals surface area (Å²) < 4.78 is 46.7. The van der Waals surface area contributed by atoms with Gasteiger partial charge in [0.1, 0.15) is 22.0 Å². The Hall–Kier alpha value is -3.56. The van der Waals surface area contributed by atoms with Crippen LogP contribution in [0.25, 0.3) is 0 Å². The zero-order valence-corrected chi connectivity index (χ0v) is 24.0. The van der Waals surface area contributed by atoms with Crippen LogP contribution in [0.15, 0.2) is 71.6 Å². The largest absolute Gasteiger partial charge is 0.497 e. The number of ether oxygens (including phenoxy) is 3. The van der Waals surface area contributed by atoms with E-state index in [4.69, 9.17) is 14.2 Å². The van der Waals surface area contributed by atoms with Crippen LogP contribution in [0, 0.1) is 0 Å². The van der Waals surface area contributed by atoms with Crippen LogP contribution >= 0.6 is 0 Å². The van der Waals surface area contributed by atoms with E-state index in [0.29, 0.717) is 24.4 Å². The lowest BCUT2D eigenvalue weighted by atomic mass is 9.92. The fourth-order valence-electron chi connectivity index (χ4n) is 5.09. The number of unbranched alkanes of at least 4 members (excludes halogenated alkanes) is 1. The number of carbonyl (C=O) groups excluding carboxylic acids is 1. The third-order valence-electron chi connectivity index (χ3n) is 7.27. The van der Waals surface area contributed by atoms with E-state index in [1.807, 2.05) is 66.4 Å². The van der Waals surface area contributed by atoms with E-state index in [-0.39, 0.29) is 22.8 Å². The average Bonchev–Trinajstić information content (AvgIpc) is 3.03. The monoisotopic (exact) mass is 552 g/mol. The van der Waals surface area contributed by atoms with Crippen molar-refractivity contribution in [3.63, 3.8) is 0 Å². The van der Waals surface area contributed by atoms with Crippen LogP contribution in [-0.4, -0.2) is 52.1 Å². The molecule has 4 rings (SSSR count). The van der Waals surface area contributed by atoms with Gasteiger partial charge in [0.05, 0.1) is 32.6 Å². The number of methoxy groups -OCH3 is 3. The molecule has 1 heterocycles. The molecule has 1 aliphatic rings. The van der Waals surface area contributed by atoms with Gasteiger partial charge in [-0.15, -0.1) is 0 Å². The lowest BCUT2D eigenvalue weighted by molar-refractivity contribution is 0.0597. The highest BCUT2D eigenvalue weighted by Crippen LogP contribution is 2.45. The summed E-state index contributed by atoms with van der Waals surface area (Å²) in [4.78, 5) is 14.7. The summed E-state index contributed by atoms with van der Waals surface area (Å²) in [6, 6.07) is 20.1. The van der Waals surface area contributed by atoms with Gasteiger partial charge in [0.25, 0.3) is 0 Å². The molecule has 1 aliphatic heterocycles. The van der Waals surface area contributed by atoms with Gasteiger partial charge in [-0.25, -0.2) is 13.2 Å². The minimum Gasteiger partial charge on any atom is -0.497 e. The highest BCUT2D eigenvalue weighted by Gasteiger charge is 2.46. The lowest BCUT2D eigenvalue weighted by Gasteiger charge is -2.41. The number of anilines is 2. The van der Waals surface area contributed by atoms with Crippen molar-refractivity contribution in [3.05, 3.63) is 77.9 Å². The number of hydrogen-bond acceptors (Lipinski definition) is 7. The van der Waals surface area contributed by atoms with E-state index >= 15 is 0 Å². The van der Waals surface area contributed by atoms with Crippen molar-refractivity contribution >= 4 is 27.4 Å². The van der Waals surface area contributed by atoms with Gasteiger partial charge in [-0.2, -0.15) is 4.31 Å². The molecule has 0 fully saturated rings. The molecule has 0 aliphatic carbocycles. The van der Waals surface area contributed by atoms with E-state index < -0.39 is 21.5 Å². The summed E-state index contributed by atoms with van der Waals surface area (Å²) in [6.07, 6.45) is 2.42. The van der Waals surface area contributed by atoms with E-state index in [1.165, 1.54) is 20.3 Å². The maximum atomic E-state index is 14.7. The molecule has 3 aromatic carbocycles. The van der Waals surface area contributed by atoms with Gasteiger partial charge >= 0.3 is 5.97 Å². The van der Waals surface area contributed by atoms with Crippen LogP contribution in [0.5, 0.6) is 11.5 Å². The number of nitrogens with zero attached hydrogens (tertiary/aromatic N) is 2. The summed E-state index contributed by atoms with van der Waals surface area (Å²) in [5.74, 6) is 0.271. The van der Waals surface area contributed by atoms with Crippen LogP contribution in [0.4, 0.5) is 11.4 Å². The predicted molar refractivity (Wildman–Crippen MR) is 151 cm³/mol. The first-order chi connectivity index (χ1) is 18.7. The Morgan fingerprint density at radius 2 is 1.67 bits per heavy atom. The molecule has 1 unspecified atom stereocenters. The molecule has 9 heteroatoms. The number of benzene rings is 3. The Labute approximate surface area is 231 Å². The summed E-state index contributed by atoms with van der Waals surface area (Å²) >= 11 is 0. The first-order valence-electron chi connectivity index (χ1n) is 13.0. The molecule has 0 radical (unpaired) electrons. The molecule has 1 atom stereocenters. The number of rotatable bonds is 9. The molecule has 208 valence electrons. The molecule has 0 aromatic heterocycles. The van der Waals surface area contributed by atoms with Gasteiger partial charge in [0, 0.05) is 24.8 Å². The van der Waals surface area contributed by atoms with Crippen molar-refractivity contribution in [2.45, 2.75) is 50.1 Å². The Kier molecular flexibility index (Phi) is 8.51. The summed E-state index contributed by atoms with van der Waals surface area (Å²) in [5, 5.41) is 0. The fourth-order valence-corrected chi connectivity index (χ4v) is 7.08. The second kappa shape index (κ2) is 11.7. The molecular weight excluding hydrogens is 516 g/mol. The number of para-hydroxylation sites is 1. The molecule has 0 spiro atoms. The van der Waals surface area contributed by atoms with Gasteiger partial charge in [-0.3, -0.25) is 0 Å². The first kappa shape index (κ1) is 28.4. The van der Waals surface area contributed by atoms with Gasteiger partial charge < -0.3 is 19.1 Å². The molecule has 3 aromatic rings. The molecule has 0 bridgehead atoms. The van der Waals surface area contributed by atoms with Crippen LogP contribution in [0.1, 0.15) is 49.0 Å². The Balaban J connectivity index is 1.99. The summed E-state index contributed by atoms with van der Waals surface area (Å²) in [7, 11) is 0.203. The Bertz CT molecular complexity index is 1410. The van der Waals surface area contributed by atoms with Gasteiger partial charge in [-0.1, -0.05) is 50.1 Å². The van der Waals surface area contributed by atoms with Crippen molar-refractivity contribution in [1.82, 2.24) is 4.31 Å². The minimum atomic E-state index is -4.10. The van der Waals surface area contributed by atoms with E-state index in [1.54, 1.807) is 17.5 Å². The van der Waals surface area contributed by atoms with Crippen molar-refractivity contribution < 1.29 is 27.4 Å². The number of sulfonamides is 1. The minimum absolute atomic E-state index is 0.0290. The zero-order chi connectivity index (χ0) is 28.2. The van der Waals surface area contributed by atoms with Gasteiger partial charge in [0.15, 0.2) is 0 Å². The van der Waals surface area contributed by atoms with Crippen LogP contribution in [-0.2, 0) is 21.3 Å². The Morgan fingerprint density at radius 1 is 0.974 bits per heavy atom. The number of esters is 1. The molecule has 0 N–H and O–H groups in total. The van der Waals surface area contributed by atoms with Crippen LogP contribution in [0.2, 0.25) is 0 Å². The molecule has 0 saturated carbocycles. The smallest absolute Gasteiger partial charge is 0.341 e. The van der Waals surface area contributed by atoms with E-state index in [2.05, 4.69) is 6.92 Å². The second-order valence-corrected chi connectivity index (χ2v) is 11.7. The standard InChI is InChI=1S/C30H36N2O6S/c1-6-7-17-30(2)21-31(23-11-9-8-10-12-23)26-19-27(37-4)25(29(33)38-5)18-28(26)39(34,35)32(30)20-22-13-15-24(36-3)16-14-22/h8-16,18-19H,6-7,17,20-21H2,1-5H3. The SMILES string of the molecule is CCCCC1(C)CN(c2ccccc2)c2cc(OC)c(C(=O)OC)cc2S(=O)(=O)N1Cc1ccc(OC)cc1. The third kappa shape index (κ3) is 5.60. The van der Waals surface area contributed by atoms with Crippen molar-refractivity contribution in [1.29, 1.82) is 0 Å². The van der Waals surface area contributed by atoms with Crippen LogP contribution in [0.3, 0.4) is 0 Å². The number of fused-ring (bicyclic) bond motifs is 1. The summed E-state index contributed by atoms with van der Waals surface area (Å²) in [6.45, 7) is 4.66. The van der Waals surface area contributed by atoms with Gasteiger partial charge in [0.2, 0.25) is 10.0 Å². The molecule has 0 amide bonds. The second-order valence-electron chi connectivity index (χ2n) is 9.89. The molecule has 39 heavy (non-hydrogen) atoms. The normalized spacial score (nSPS) is 18.6. The highest BCUT2D eigenvalue weighted by atomic mass is 32.2. The first-order valence-corrected chi connectivity index (χ1v) is 14.4. The maximum Gasteiger partial charge on any atom is 0.341 e. The average molecular weight is 553 g/mol. The Morgan fingerprint density at radius 3 is 2.26 bits per heavy atom. The highest BCUT2D eigenvalue weighted by molar-refractivity contribution is 7.89. The molecule has 8 nitrogen and oxygen atoms in total. The molecular formula is C30H36N2O6S. The van der Waals surface area contributed by atoms with Crippen molar-refractivity contribution in [3.8, 4) is 11.5 Å². The molecule has 0 saturated heterocycles. The van der Waals surface area contributed by atoms with Crippen molar-refractivity contribution in [2.75, 3.05) is 32.8 Å². The van der Waals surface area contributed by atoms with Gasteiger partial charge in [-0.05, 0) is 49.2 Å². The topological polar surface area (TPSA) is 85.4 Å². The zero-order valence-electron chi connectivity index (χ0n) is 23.1. The number of hydrogen-bond donors (Lipinski definition) is 0. The third-order valence-corrected chi connectivity index (χ3v) is 9.30. The van der Waals surface area contributed by atoms with Crippen LogP contribution < -0.4 is 14.4 Å². The maximum absolute atomic E-state index is 14.7. The fraction of sp³-hybridized carbons (Fsp3) is 0.367. The van der Waals surface area contributed by atoms with Crippen molar-refractivity contribution in [2.24, 2.45) is 0 Å². The summed E-state index contributed by atoms with van der Waals surface area (Å²) in [5.41, 5.74) is 1.40. The lowest BCUT2D eigenvalue weighted by Crippen LogP contribution is -2.53. The number of carbonyl (C=O) groups is 1. The van der Waals surface area contributed by atoms with E-state index in [9.17, 15) is 13.2 Å².